The summed E-state index contributed by atoms with van der Waals surface area (Å²) in [5, 5.41) is 13.3. The lowest BCUT2D eigenvalue weighted by Gasteiger charge is -2.41. The van der Waals surface area contributed by atoms with E-state index in [4.69, 9.17) is 2.74 Å². The molecule has 164 valence electrons. The summed E-state index contributed by atoms with van der Waals surface area (Å²) in [6.45, 7) is 1.03. The Bertz CT molecular complexity index is 837. The second kappa shape index (κ2) is 9.79. The monoisotopic (exact) mass is 416 g/mol. The average Bonchev–Trinajstić information content (AvgIpc) is 2.80. The molecule has 1 aromatic carbocycles. The van der Waals surface area contributed by atoms with Gasteiger partial charge in [0.2, 0.25) is 5.91 Å². The highest BCUT2D eigenvalue weighted by Gasteiger charge is 2.31. The summed E-state index contributed by atoms with van der Waals surface area (Å²) in [7, 11) is 0. The molecule has 3 amide bonds. The largest absolute Gasteiger partial charge is 0.390 e. The first-order chi connectivity index (χ1) is 15.4. The first-order valence-corrected chi connectivity index (χ1v) is 11.2. The van der Waals surface area contributed by atoms with Gasteiger partial charge in [0.25, 0.3) is 0 Å². The number of fused-ring (bicyclic) bond motifs is 1. The van der Waals surface area contributed by atoms with Crippen LogP contribution in [0.15, 0.2) is 24.3 Å². The molecule has 0 radical (unpaired) electrons. The summed E-state index contributed by atoms with van der Waals surface area (Å²) in [5.41, 5.74) is 1.65. The van der Waals surface area contributed by atoms with Crippen LogP contribution in [0.3, 0.4) is 0 Å². The molecule has 2 N–H and O–H groups in total. The van der Waals surface area contributed by atoms with Crippen molar-refractivity contribution in [1.82, 2.24) is 20.0 Å². The minimum absolute atomic E-state index is 0.0663. The molecule has 3 aliphatic heterocycles. The second-order valence-corrected chi connectivity index (χ2v) is 8.59. The van der Waals surface area contributed by atoms with E-state index >= 15 is 0 Å². The van der Waals surface area contributed by atoms with Crippen molar-refractivity contribution in [1.29, 1.82) is 0 Å². The molecule has 4 rings (SSSR count). The van der Waals surface area contributed by atoms with Crippen LogP contribution in [0.2, 0.25) is 0 Å². The van der Waals surface area contributed by atoms with E-state index in [1.54, 1.807) is 15.9 Å². The fourth-order valence-electron chi connectivity index (χ4n) is 4.71. The highest BCUT2D eigenvalue weighted by Crippen LogP contribution is 2.21. The molecule has 0 aromatic heterocycles. The predicted molar refractivity (Wildman–Crippen MR) is 115 cm³/mol. The van der Waals surface area contributed by atoms with Gasteiger partial charge in [-0.2, -0.15) is 0 Å². The van der Waals surface area contributed by atoms with E-state index in [-0.39, 0.29) is 31.1 Å². The molecular formula is C23H34N4O3. The number of aliphatic hydroxyl groups is 1. The van der Waals surface area contributed by atoms with Crippen molar-refractivity contribution in [3.05, 3.63) is 35.4 Å². The van der Waals surface area contributed by atoms with Gasteiger partial charge >= 0.3 is 6.03 Å². The van der Waals surface area contributed by atoms with Crippen LogP contribution in [0.5, 0.6) is 0 Å². The van der Waals surface area contributed by atoms with E-state index in [9.17, 15) is 14.7 Å². The number of amides is 3. The number of likely N-dealkylation sites (tertiary alicyclic amines) is 2. The summed E-state index contributed by atoms with van der Waals surface area (Å²) < 4.78 is 17.1. The predicted octanol–water partition coefficient (Wildman–Crippen LogP) is 1.59. The molecule has 7 heteroatoms. The Balaban J connectivity index is 1.27. The zero-order valence-corrected chi connectivity index (χ0v) is 17.6. The van der Waals surface area contributed by atoms with E-state index in [1.807, 2.05) is 23.1 Å². The van der Waals surface area contributed by atoms with E-state index < -0.39 is 12.6 Å². The van der Waals surface area contributed by atoms with E-state index in [0.717, 1.165) is 44.2 Å². The van der Waals surface area contributed by atoms with Crippen molar-refractivity contribution in [3.63, 3.8) is 0 Å². The number of benzene rings is 1. The summed E-state index contributed by atoms with van der Waals surface area (Å²) in [5.74, 6) is 0.191. The topological polar surface area (TPSA) is 76.1 Å². The van der Waals surface area contributed by atoms with Crippen molar-refractivity contribution in [2.24, 2.45) is 0 Å². The number of hydrogen-bond donors (Lipinski definition) is 2. The smallest absolute Gasteiger partial charge is 0.317 e. The molecule has 3 aliphatic rings. The Morgan fingerprint density at radius 3 is 2.83 bits per heavy atom. The molecule has 2 saturated heterocycles. The van der Waals surface area contributed by atoms with Gasteiger partial charge in [-0.1, -0.05) is 24.3 Å². The molecule has 2 fully saturated rings. The minimum Gasteiger partial charge on any atom is -0.390 e. The van der Waals surface area contributed by atoms with Crippen LogP contribution in [0.1, 0.15) is 46.0 Å². The van der Waals surface area contributed by atoms with E-state index in [1.165, 1.54) is 0 Å². The summed E-state index contributed by atoms with van der Waals surface area (Å²) >= 11 is 0. The SMILES string of the molecule is [2H]C1([2H])c2ccccc2CCN1C[C@@H](O)CNC(=O)N1CCC[C@@H](N2CCCCC2=O)C1. The number of nitrogens with zero attached hydrogens (tertiary/aromatic N) is 3. The van der Waals surface area contributed by atoms with Gasteiger partial charge in [0.15, 0.2) is 0 Å². The van der Waals surface area contributed by atoms with Gasteiger partial charge in [-0.05, 0) is 43.2 Å². The zero-order chi connectivity index (χ0) is 22.7. The van der Waals surface area contributed by atoms with E-state index in [2.05, 4.69) is 5.32 Å². The maximum absolute atomic E-state index is 12.7. The third kappa shape index (κ3) is 5.13. The number of aliphatic hydroxyl groups excluding tert-OH is 1. The minimum atomic E-state index is -1.65. The van der Waals surface area contributed by atoms with Crippen molar-refractivity contribution in [3.8, 4) is 0 Å². The number of carbonyl (C=O) groups is 2. The lowest BCUT2D eigenvalue weighted by Crippen LogP contribution is -2.55. The molecule has 0 unspecified atom stereocenters. The van der Waals surface area contributed by atoms with Gasteiger partial charge in [0, 0.05) is 61.0 Å². The van der Waals surface area contributed by atoms with Gasteiger partial charge < -0.3 is 20.2 Å². The molecule has 0 saturated carbocycles. The highest BCUT2D eigenvalue weighted by atomic mass is 16.3. The zero-order valence-electron chi connectivity index (χ0n) is 19.6. The quantitative estimate of drug-likeness (QED) is 0.764. The molecule has 7 nitrogen and oxygen atoms in total. The maximum Gasteiger partial charge on any atom is 0.317 e. The third-order valence-corrected chi connectivity index (χ3v) is 6.35. The summed E-state index contributed by atoms with van der Waals surface area (Å²) in [6, 6.07) is 7.35. The number of β-amino-alcohol motifs (C(OH)–C–C–N with tert-alkyl or cyclic N) is 1. The fourth-order valence-corrected chi connectivity index (χ4v) is 4.71. The lowest BCUT2D eigenvalue weighted by molar-refractivity contribution is -0.136. The summed E-state index contributed by atoms with van der Waals surface area (Å²) in [6.07, 6.45) is 4.22. The van der Waals surface area contributed by atoms with Crippen LogP contribution >= 0.6 is 0 Å². The Morgan fingerprint density at radius 1 is 1.17 bits per heavy atom. The first kappa shape index (κ1) is 18.6. The highest BCUT2D eigenvalue weighted by molar-refractivity contribution is 5.78. The first-order valence-electron chi connectivity index (χ1n) is 12.2. The van der Waals surface area contributed by atoms with E-state index in [0.29, 0.717) is 31.6 Å². The van der Waals surface area contributed by atoms with Crippen LogP contribution < -0.4 is 5.32 Å². The van der Waals surface area contributed by atoms with Crippen LogP contribution in [0, 0.1) is 0 Å². The molecular weight excluding hydrogens is 380 g/mol. The average molecular weight is 417 g/mol. The van der Waals surface area contributed by atoms with Crippen LogP contribution in [0.4, 0.5) is 4.79 Å². The number of carbonyl (C=O) groups excluding carboxylic acids is 2. The van der Waals surface area contributed by atoms with Gasteiger partial charge in [-0.15, -0.1) is 0 Å². The Morgan fingerprint density at radius 2 is 2.00 bits per heavy atom. The third-order valence-electron chi connectivity index (χ3n) is 6.35. The summed E-state index contributed by atoms with van der Waals surface area (Å²) in [4.78, 5) is 30.3. The number of urea groups is 1. The van der Waals surface area contributed by atoms with Gasteiger partial charge in [0.1, 0.15) is 0 Å². The molecule has 0 bridgehead atoms. The van der Waals surface area contributed by atoms with Crippen LogP contribution in [0.25, 0.3) is 0 Å². The normalized spacial score (nSPS) is 26.4. The van der Waals surface area contributed by atoms with Crippen molar-refractivity contribution >= 4 is 11.9 Å². The number of nitrogens with one attached hydrogen (secondary N) is 1. The Hall–Kier alpha value is -2.12. The van der Waals surface area contributed by atoms with Gasteiger partial charge in [0.05, 0.1) is 6.10 Å². The molecule has 0 aliphatic carbocycles. The standard InChI is InChI=1S/C23H34N4O3/c28-21(17-25-13-10-18-6-1-2-7-19(18)15-25)14-24-23(30)26-11-5-8-20(16-26)27-12-4-3-9-22(27)29/h1-2,6-7,20-21,28H,3-5,8-17H2,(H,24,30)/t20-,21+/m1/s1/i15D2. The fraction of sp³-hybridized carbons (Fsp3) is 0.652. The lowest BCUT2D eigenvalue weighted by atomic mass is 10.00. The van der Waals surface area contributed by atoms with Crippen LogP contribution in [-0.2, 0) is 17.7 Å². The molecule has 1 aromatic rings. The maximum atomic E-state index is 12.7. The molecule has 3 heterocycles. The molecule has 0 spiro atoms. The van der Waals surface area contributed by atoms with Gasteiger partial charge in [-0.3, -0.25) is 9.69 Å². The number of rotatable bonds is 5. The second-order valence-electron chi connectivity index (χ2n) is 8.59. The van der Waals surface area contributed by atoms with Gasteiger partial charge in [-0.25, -0.2) is 4.79 Å². The number of piperidine rings is 2. The van der Waals surface area contributed by atoms with Crippen molar-refractivity contribution < 1.29 is 17.4 Å². The van der Waals surface area contributed by atoms with Crippen molar-refractivity contribution in [2.45, 2.75) is 57.2 Å². The Labute approximate surface area is 181 Å². The van der Waals surface area contributed by atoms with Crippen LogP contribution in [-0.4, -0.2) is 83.2 Å². The molecule has 30 heavy (non-hydrogen) atoms. The van der Waals surface area contributed by atoms with Crippen molar-refractivity contribution in [2.75, 3.05) is 39.3 Å². The number of hydrogen-bond acceptors (Lipinski definition) is 4. The molecule has 2 atom stereocenters. The Kier molecular flexibility index (Phi) is 6.08.